The van der Waals surface area contributed by atoms with Crippen molar-refractivity contribution in [3.63, 3.8) is 0 Å². The average Bonchev–Trinajstić information content (AvgIpc) is 2.35. The molecule has 20 heavy (non-hydrogen) atoms. The van der Waals surface area contributed by atoms with Gasteiger partial charge in [-0.25, -0.2) is 13.1 Å². The molecule has 1 aromatic rings. The first-order chi connectivity index (χ1) is 9.04. The number of aliphatic hydroxyl groups is 1. The van der Waals surface area contributed by atoms with Gasteiger partial charge in [-0.15, -0.1) is 0 Å². The number of aliphatic hydroxyl groups excluding tert-OH is 1. The van der Waals surface area contributed by atoms with Crippen molar-refractivity contribution in [2.75, 3.05) is 6.54 Å². The van der Waals surface area contributed by atoms with Crippen molar-refractivity contribution in [3.05, 3.63) is 29.8 Å². The van der Waals surface area contributed by atoms with Crippen LogP contribution in [-0.4, -0.2) is 38.1 Å². The van der Waals surface area contributed by atoms with Crippen molar-refractivity contribution >= 4 is 15.8 Å². The quantitative estimate of drug-likeness (QED) is 0.797. The predicted octanol–water partition coefficient (Wildman–Crippen LogP) is 1.09. The van der Waals surface area contributed by atoms with Gasteiger partial charge in [-0.1, -0.05) is 12.1 Å². The van der Waals surface area contributed by atoms with E-state index in [4.69, 9.17) is 5.11 Å². The highest BCUT2D eigenvalue weighted by atomic mass is 32.2. The van der Waals surface area contributed by atoms with Crippen LogP contribution in [0.25, 0.3) is 0 Å². The first kappa shape index (κ1) is 16.6. The molecule has 0 amide bonds. The molecule has 0 spiro atoms. The van der Waals surface area contributed by atoms with E-state index in [0.717, 1.165) is 12.1 Å². The lowest BCUT2D eigenvalue weighted by molar-refractivity contribution is -0.200. The molecular formula is C11H12F3NO4S. The average molecular weight is 311 g/mol. The SMILES string of the molecule is CC(=O)c1cccc(S(=O)(=O)NCC(O)C(F)(F)F)c1. The van der Waals surface area contributed by atoms with E-state index in [-0.39, 0.29) is 16.2 Å². The van der Waals surface area contributed by atoms with Gasteiger partial charge in [-0.05, 0) is 19.1 Å². The Kier molecular flexibility index (Phi) is 4.90. The van der Waals surface area contributed by atoms with Gasteiger partial charge in [0, 0.05) is 12.1 Å². The summed E-state index contributed by atoms with van der Waals surface area (Å²) in [7, 11) is -4.23. The van der Waals surface area contributed by atoms with E-state index in [9.17, 15) is 26.4 Å². The van der Waals surface area contributed by atoms with Crippen molar-refractivity contribution in [1.29, 1.82) is 0 Å². The van der Waals surface area contributed by atoms with Gasteiger partial charge in [-0.2, -0.15) is 13.2 Å². The van der Waals surface area contributed by atoms with Crippen molar-refractivity contribution in [2.24, 2.45) is 0 Å². The molecule has 0 saturated carbocycles. The minimum atomic E-state index is -4.91. The molecule has 2 N–H and O–H groups in total. The number of ketones is 1. The van der Waals surface area contributed by atoms with Crippen LogP contribution < -0.4 is 4.72 Å². The molecule has 1 unspecified atom stereocenters. The fourth-order valence-corrected chi connectivity index (χ4v) is 2.35. The highest BCUT2D eigenvalue weighted by molar-refractivity contribution is 7.89. The molecule has 1 atom stereocenters. The molecular weight excluding hydrogens is 299 g/mol. The summed E-state index contributed by atoms with van der Waals surface area (Å²) >= 11 is 0. The number of Topliss-reactive ketones (excluding diaryl/α,β-unsaturated/α-hetero) is 1. The lowest BCUT2D eigenvalue weighted by atomic mass is 10.2. The van der Waals surface area contributed by atoms with Crippen LogP contribution in [-0.2, 0) is 10.0 Å². The summed E-state index contributed by atoms with van der Waals surface area (Å²) in [5, 5.41) is 8.73. The predicted molar refractivity (Wildman–Crippen MR) is 63.7 cm³/mol. The second-order valence-electron chi connectivity index (χ2n) is 3.99. The third-order valence-corrected chi connectivity index (χ3v) is 3.82. The smallest absolute Gasteiger partial charge is 0.382 e. The minimum Gasteiger partial charge on any atom is -0.382 e. The molecule has 0 aromatic heterocycles. The Morgan fingerprint density at radius 2 is 2.00 bits per heavy atom. The Hall–Kier alpha value is -1.45. The first-order valence-corrected chi connectivity index (χ1v) is 6.88. The molecule has 0 aliphatic heterocycles. The maximum Gasteiger partial charge on any atom is 0.415 e. The molecule has 0 radical (unpaired) electrons. The highest BCUT2D eigenvalue weighted by Crippen LogP contribution is 2.20. The van der Waals surface area contributed by atoms with Gasteiger partial charge in [0.05, 0.1) is 4.90 Å². The van der Waals surface area contributed by atoms with Gasteiger partial charge in [-0.3, -0.25) is 4.79 Å². The second-order valence-corrected chi connectivity index (χ2v) is 5.76. The standard InChI is InChI=1S/C11H12F3NO4S/c1-7(16)8-3-2-4-9(5-8)20(18,19)15-6-10(17)11(12,13)14/h2-5,10,15,17H,6H2,1H3. The van der Waals surface area contributed by atoms with Gasteiger partial charge < -0.3 is 5.11 Å². The van der Waals surface area contributed by atoms with Crippen LogP contribution in [0.5, 0.6) is 0 Å². The zero-order valence-electron chi connectivity index (χ0n) is 10.3. The van der Waals surface area contributed by atoms with Gasteiger partial charge >= 0.3 is 6.18 Å². The first-order valence-electron chi connectivity index (χ1n) is 5.39. The van der Waals surface area contributed by atoms with Crippen molar-refractivity contribution in [3.8, 4) is 0 Å². The Morgan fingerprint density at radius 3 is 2.50 bits per heavy atom. The van der Waals surface area contributed by atoms with E-state index in [0.29, 0.717) is 0 Å². The fraction of sp³-hybridized carbons (Fsp3) is 0.364. The van der Waals surface area contributed by atoms with Gasteiger partial charge in [0.25, 0.3) is 0 Å². The van der Waals surface area contributed by atoms with Gasteiger partial charge in [0.1, 0.15) is 0 Å². The van der Waals surface area contributed by atoms with E-state index >= 15 is 0 Å². The molecule has 1 aromatic carbocycles. The van der Waals surface area contributed by atoms with E-state index in [1.807, 2.05) is 0 Å². The molecule has 1 rings (SSSR count). The number of halogens is 3. The fourth-order valence-electron chi connectivity index (χ4n) is 1.27. The van der Waals surface area contributed by atoms with Crippen molar-refractivity contribution in [2.45, 2.75) is 24.1 Å². The number of hydrogen-bond acceptors (Lipinski definition) is 4. The molecule has 0 heterocycles. The number of benzene rings is 1. The maximum atomic E-state index is 12.1. The van der Waals surface area contributed by atoms with Crippen molar-refractivity contribution in [1.82, 2.24) is 4.72 Å². The highest BCUT2D eigenvalue weighted by Gasteiger charge is 2.38. The molecule has 0 aliphatic rings. The van der Waals surface area contributed by atoms with E-state index < -0.39 is 28.8 Å². The molecule has 0 aliphatic carbocycles. The van der Waals surface area contributed by atoms with Gasteiger partial charge in [0.2, 0.25) is 10.0 Å². The summed E-state index contributed by atoms with van der Waals surface area (Å²) in [6.45, 7) is 0.0305. The summed E-state index contributed by atoms with van der Waals surface area (Å²) in [5.41, 5.74) is 0.115. The van der Waals surface area contributed by atoms with Crippen molar-refractivity contribution < 1.29 is 31.5 Å². The lowest BCUT2D eigenvalue weighted by Crippen LogP contribution is -2.40. The van der Waals surface area contributed by atoms with Crippen LogP contribution in [0.3, 0.4) is 0 Å². The molecule has 112 valence electrons. The maximum absolute atomic E-state index is 12.1. The summed E-state index contributed by atoms with van der Waals surface area (Å²) in [6, 6.07) is 4.86. The number of rotatable bonds is 5. The molecule has 9 heteroatoms. The summed E-state index contributed by atoms with van der Waals surface area (Å²) in [4.78, 5) is 10.8. The third kappa shape index (κ3) is 4.29. The van der Waals surface area contributed by atoms with Crippen LogP contribution in [0.2, 0.25) is 0 Å². The minimum absolute atomic E-state index is 0.115. The Labute approximate surface area is 113 Å². The third-order valence-electron chi connectivity index (χ3n) is 2.40. The molecule has 0 bridgehead atoms. The topological polar surface area (TPSA) is 83.5 Å². The molecule has 5 nitrogen and oxygen atoms in total. The second kappa shape index (κ2) is 5.90. The Morgan fingerprint density at radius 1 is 1.40 bits per heavy atom. The molecule has 0 fully saturated rings. The van der Waals surface area contributed by atoms with Crippen LogP contribution in [0.1, 0.15) is 17.3 Å². The van der Waals surface area contributed by atoms with E-state index in [2.05, 4.69) is 0 Å². The number of nitrogens with one attached hydrogen (secondary N) is 1. The Balaban J connectivity index is 2.90. The summed E-state index contributed by atoms with van der Waals surface area (Å²) < 4.78 is 61.3. The monoisotopic (exact) mass is 311 g/mol. The van der Waals surface area contributed by atoms with Gasteiger partial charge in [0.15, 0.2) is 11.9 Å². The van der Waals surface area contributed by atoms with E-state index in [1.54, 1.807) is 4.72 Å². The van der Waals surface area contributed by atoms with Crippen LogP contribution >= 0.6 is 0 Å². The summed E-state index contributed by atoms with van der Waals surface area (Å²) in [5.74, 6) is -0.377. The van der Waals surface area contributed by atoms with E-state index in [1.165, 1.54) is 19.1 Å². The zero-order valence-corrected chi connectivity index (χ0v) is 11.1. The summed E-state index contributed by atoms with van der Waals surface area (Å²) in [6.07, 6.45) is -7.71. The number of sulfonamides is 1. The lowest BCUT2D eigenvalue weighted by Gasteiger charge is -2.15. The Bertz CT molecular complexity index is 598. The normalized spacial score (nSPS) is 14.1. The van der Waals surface area contributed by atoms with Crippen LogP contribution in [0, 0.1) is 0 Å². The van der Waals surface area contributed by atoms with Crippen LogP contribution in [0.4, 0.5) is 13.2 Å². The molecule has 0 saturated heterocycles. The number of carbonyl (C=O) groups excluding carboxylic acids is 1. The number of carbonyl (C=O) groups is 1. The number of hydrogen-bond donors (Lipinski definition) is 2. The number of alkyl halides is 3. The zero-order chi connectivity index (χ0) is 15.6. The van der Waals surface area contributed by atoms with Crippen LogP contribution in [0.15, 0.2) is 29.2 Å². The largest absolute Gasteiger partial charge is 0.415 e.